The number of pyridine rings is 1. The second kappa shape index (κ2) is 6.19. The van der Waals surface area contributed by atoms with Gasteiger partial charge in [0.15, 0.2) is 11.6 Å². The summed E-state index contributed by atoms with van der Waals surface area (Å²) < 4.78 is 22.7. The van der Waals surface area contributed by atoms with Crippen LogP contribution in [0.1, 0.15) is 42.1 Å². The minimum absolute atomic E-state index is 0.0222. The molecular weight excluding hydrogens is 379 g/mol. The Morgan fingerprint density at radius 1 is 1.38 bits per heavy atom. The van der Waals surface area contributed by atoms with E-state index in [4.69, 9.17) is 4.74 Å². The molecule has 3 fully saturated rings. The van der Waals surface area contributed by atoms with Gasteiger partial charge in [0.05, 0.1) is 18.0 Å². The first-order valence-electron chi connectivity index (χ1n) is 9.94. The van der Waals surface area contributed by atoms with E-state index < -0.39 is 17.2 Å². The van der Waals surface area contributed by atoms with Crippen molar-refractivity contribution in [1.29, 1.82) is 0 Å². The molecule has 1 atom stereocenters. The maximum Gasteiger partial charge on any atom is 0.341 e. The Balaban J connectivity index is 1.75. The molecule has 8 heteroatoms. The van der Waals surface area contributed by atoms with Crippen LogP contribution in [-0.4, -0.2) is 47.6 Å². The van der Waals surface area contributed by atoms with Crippen LogP contribution in [0.4, 0.5) is 10.1 Å². The molecule has 2 saturated carbocycles. The zero-order chi connectivity index (χ0) is 20.5. The maximum absolute atomic E-state index is 15.3. The van der Waals surface area contributed by atoms with Gasteiger partial charge >= 0.3 is 5.97 Å². The molecule has 3 aliphatic rings. The van der Waals surface area contributed by atoms with Gasteiger partial charge in [-0.15, -0.1) is 0 Å². The lowest BCUT2D eigenvalue weighted by atomic mass is 9.94. The van der Waals surface area contributed by atoms with E-state index in [1.807, 2.05) is 4.90 Å². The van der Waals surface area contributed by atoms with E-state index in [0.717, 1.165) is 31.7 Å². The summed E-state index contributed by atoms with van der Waals surface area (Å²) in [6.07, 6.45) is 5.12. The lowest BCUT2D eigenvalue weighted by Gasteiger charge is -2.25. The fourth-order valence-electron chi connectivity index (χ4n) is 4.91. The highest BCUT2D eigenvalue weighted by molar-refractivity contribution is 5.97. The van der Waals surface area contributed by atoms with Gasteiger partial charge in [-0.25, -0.2) is 9.18 Å². The summed E-state index contributed by atoms with van der Waals surface area (Å²) in [5.41, 5.74) is -0.305. The van der Waals surface area contributed by atoms with Crippen LogP contribution in [0.25, 0.3) is 10.9 Å². The molecule has 1 aromatic carbocycles. The number of aliphatic hydroxyl groups excluding tert-OH is 1. The molecule has 2 aromatic rings. The summed E-state index contributed by atoms with van der Waals surface area (Å²) in [6.45, 7) is 1.22. The topological polar surface area (TPSA) is 92.0 Å². The number of methoxy groups -OCH3 is 1. The van der Waals surface area contributed by atoms with Crippen LogP contribution < -0.4 is 15.1 Å². The second-order valence-corrected chi connectivity index (χ2v) is 8.57. The van der Waals surface area contributed by atoms with Gasteiger partial charge in [0.25, 0.3) is 0 Å². The molecule has 2 heterocycles. The number of rotatable bonds is 5. The van der Waals surface area contributed by atoms with Crippen molar-refractivity contribution >= 4 is 22.6 Å². The molecule has 0 bridgehead atoms. The van der Waals surface area contributed by atoms with Gasteiger partial charge in [0, 0.05) is 37.9 Å². The van der Waals surface area contributed by atoms with Crippen LogP contribution in [0, 0.1) is 17.2 Å². The highest BCUT2D eigenvalue weighted by Gasteiger charge is 2.55. The maximum atomic E-state index is 15.3. The van der Waals surface area contributed by atoms with Crippen LogP contribution in [0.2, 0.25) is 0 Å². The number of hydrogen-bond acceptors (Lipinski definition) is 5. The molecule has 1 aliphatic heterocycles. The Morgan fingerprint density at radius 2 is 2.10 bits per heavy atom. The van der Waals surface area contributed by atoms with Gasteiger partial charge in [-0.1, -0.05) is 0 Å². The molecule has 2 N–H and O–H groups in total. The standard InChI is InChI=1S/C21H23FN2O5/c1-29-19-16-13(18(26)14(20(27)28)8-24(16)12-2-3-12)6-15(22)17(19)23-7-11(9-25)21(10-23)4-5-21/h6,8,11-12,25H,2-5,7,9-10H2,1H3,(H,27,28). The zero-order valence-corrected chi connectivity index (χ0v) is 16.2. The molecule has 1 unspecified atom stereocenters. The summed E-state index contributed by atoms with van der Waals surface area (Å²) in [5.74, 6) is -1.58. The first-order valence-corrected chi connectivity index (χ1v) is 9.94. The fraction of sp³-hybridized carbons (Fsp3) is 0.524. The van der Waals surface area contributed by atoms with Crippen molar-refractivity contribution in [2.45, 2.75) is 31.7 Å². The molecular formula is C21H23FN2O5. The Kier molecular flexibility index (Phi) is 3.93. The predicted octanol–water partition coefficient (Wildman–Crippen LogP) is 2.39. The van der Waals surface area contributed by atoms with Crippen LogP contribution >= 0.6 is 0 Å². The number of aliphatic hydroxyl groups is 1. The van der Waals surface area contributed by atoms with Crippen molar-refractivity contribution in [2.75, 3.05) is 31.7 Å². The average Bonchev–Trinajstić information content (AvgIpc) is 3.60. The van der Waals surface area contributed by atoms with Gasteiger partial charge in [-0.2, -0.15) is 0 Å². The number of ether oxygens (including phenoxy) is 1. The summed E-state index contributed by atoms with van der Waals surface area (Å²) in [6, 6.07) is 1.22. The van der Waals surface area contributed by atoms with Gasteiger partial charge < -0.3 is 24.4 Å². The van der Waals surface area contributed by atoms with Crippen LogP contribution in [0.5, 0.6) is 5.75 Å². The first-order chi connectivity index (χ1) is 13.9. The van der Waals surface area contributed by atoms with E-state index in [1.165, 1.54) is 13.3 Å². The zero-order valence-electron chi connectivity index (χ0n) is 16.2. The SMILES string of the molecule is COc1c(N2CC(CO)C3(CC3)C2)c(F)cc2c(=O)c(C(=O)O)cn(C3CC3)c12. The highest BCUT2D eigenvalue weighted by atomic mass is 19.1. The van der Waals surface area contributed by atoms with Gasteiger partial charge in [-0.3, -0.25) is 4.79 Å². The Hall–Kier alpha value is -2.61. The number of benzene rings is 1. The van der Waals surface area contributed by atoms with Crippen LogP contribution in [-0.2, 0) is 0 Å². The van der Waals surface area contributed by atoms with Crippen molar-refractivity contribution in [3.63, 3.8) is 0 Å². The second-order valence-electron chi connectivity index (χ2n) is 8.57. The molecule has 1 aromatic heterocycles. The third-order valence-corrected chi connectivity index (χ3v) is 6.81. The number of anilines is 1. The molecule has 1 saturated heterocycles. The number of hydrogen-bond donors (Lipinski definition) is 2. The normalized spacial score (nSPS) is 22.4. The molecule has 0 amide bonds. The number of carboxylic acids is 1. The quantitative estimate of drug-likeness (QED) is 0.798. The molecule has 2 aliphatic carbocycles. The van der Waals surface area contributed by atoms with E-state index >= 15 is 4.39 Å². The summed E-state index contributed by atoms with van der Waals surface area (Å²) in [4.78, 5) is 26.2. The summed E-state index contributed by atoms with van der Waals surface area (Å²) >= 11 is 0. The van der Waals surface area contributed by atoms with Crippen molar-refractivity contribution in [3.05, 3.63) is 33.9 Å². The monoisotopic (exact) mass is 402 g/mol. The number of nitrogens with zero attached hydrogens (tertiary/aromatic N) is 2. The summed E-state index contributed by atoms with van der Waals surface area (Å²) in [5, 5.41) is 19.2. The van der Waals surface area contributed by atoms with E-state index in [-0.39, 0.29) is 40.7 Å². The number of halogens is 1. The van der Waals surface area contributed by atoms with E-state index in [1.54, 1.807) is 4.57 Å². The Morgan fingerprint density at radius 3 is 2.62 bits per heavy atom. The smallest absolute Gasteiger partial charge is 0.341 e. The van der Waals surface area contributed by atoms with Crippen molar-refractivity contribution in [1.82, 2.24) is 4.57 Å². The lowest BCUT2D eigenvalue weighted by molar-refractivity contribution is 0.0694. The third-order valence-electron chi connectivity index (χ3n) is 6.81. The van der Waals surface area contributed by atoms with Crippen molar-refractivity contribution < 1.29 is 24.1 Å². The summed E-state index contributed by atoms with van der Waals surface area (Å²) in [7, 11) is 1.44. The number of aromatic carboxylic acids is 1. The third kappa shape index (κ3) is 2.65. The molecule has 29 heavy (non-hydrogen) atoms. The molecule has 5 rings (SSSR count). The van der Waals surface area contributed by atoms with Gasteiger partial charge in [0.1, 0.15) is 11.3 Å². The van der Waals surface area contributed by atoms with E-state index in [2.05, 4.69) is 0 Å². The minimum atomic E-state index is -1.32. The average molecular weight is 402 g/mol. The first kappa shape index (κ1) is 18.4. The largest absolute Gasteiger partial charge is 0.492 e. The van der Waals surface area contributed by atoms with Crippen LogP contribution in [0.3, 0.4) is 0 Å². The van der Waals surface area contributed by atoms with E-state index in [0.29, 0.717) is 24.3 Å². The number of carboxylic acid groups (broad SMARTS) is 1. The van der Waals surface area contributed by atoms with Crippen molar-refractivity contribution in [2.24, 2.45) is 11.3 Å². The van der Waals surface area contributed by atoms with Gasteiger partial charge in [-0.05, 0) is 37.2 Å². The Bertz CT molecular complexity index is 1090. The highest BCUT2D eigenvalue weighted by Crippen LogP contribution is 2.58. The van der Waals surface area contributed by atoms with Gasteiger partial charge in [0.2, 0.25) is 5.43 Å². The molecule has 0 radical (unpaired) electrons. The number of carbonyl (C=O) groups is 1. The van der Waals surface area contributed by atoms with Crippen molar-refractivity contribution in [3.8, 4) is 5.75 Å². The molecule has 7 nitrogen and oxygen atoms in total. The predicted molar refractivity (Wildman–Crippen MR) is 104 cm³/mol. The molecule has 1 spiro atoms. The van der Waals surface area contributed by atoms with Crippen LogP contribution in [0.15, 0.2) is 17.1 Å². The lowest BCUT2D eigenvalue weighted by Crippen LogP contribution is -2.24. The molecule has 154 valence electrons. The minimum Gasteiger partial charge on any atom is -0.492 e. The Labute approximate surface area is 166 Å². The van der Waals surface area contributed by atoms with E-state index in [9.17, 15) is 19.8 Å². The number of fused-ring (bicyclic) bond motifs is 1. The number of aromatic nitrogens is 1. The fourth-order valence-corrected chi connectivity index (χ4v) is 4.91.